The number of benzene rings is 1. The molecular formula is C15H15FN4S. The highest BCUT2D eigenvalue weighted by molar-refractivity contribution is 7.09. The Kier molecular flexibility index (Phi) is 3.81. The Morgan fingerprint density at radius 2 is 2.10 bits per heavy atom. The van der Waals surface area contributed by atoms with E-state index in [0.29, 0.717) is 6.54 Å². The van der Waals surface area contributed by atoms with Crippen LogP contribution in [0.4, 0.5) is 4.39 Å². The number of nitrogens with zero attached hydrogens (tertiary/aromatic N) is 3. The van der Waals surface area contributed by atoms with E-state index in [4.69, 9.17) is 5.73 Å². The fourth-order valence-electron chi connectivity index (χ4n) is 2.32. The fraction of sp³-hybridized carbons (Fsp3) is 0.200. The number of hydrogen-bond acceptors (Lipinski definition) is 4. The van der Waals surface area contributed by atoms with E-state index in [-0.39, 0.29) is 11.7 Å². The van der Waals surface area contributed by atoms with Gasteiger partial charge in [0.1, 0.15) is 10.8 Å². The van der Waals surface area contributed by atoms with Crippen molar-refractivity contribution < 1.29 is 4.39 Å². The van der Waals surface area contributed by atoms with Crippen molar-refractivity contribution in [3.8, 4) is 11.3 Å². The Balaban J connectivity index is 1.99. The summed E-state index contributed by atoms with van der Waals surface area (Å²) in [4.78, 5) is 4.35. The van der Waals surface area contributed by atoms with Crippen molar-refractivity contribution in [3.63, 3.8) is 0 Å². The summed E-state index contributed by atoms with van der Waals surface area (Å²) in [6.45, 7) is 0.468. The number of nitrogens with two attached hydrogens (primary N) is 1. The van der Waals surface area contributed by atoms with E-state index in [1.165, 1.54) is 12.1 Å². The molecule has 108 valence electrons. The third-order valence-corrected chi connectivity index (χ3v) is 4.29. The first-order valence-electron chi connectivity index (χ1n) is 6.58. The zero-order valence-corrected chi connectivity index (χ0v) is 12.3. The summed E-state index contributed by atoms with van der Waals surface area (Å²) in [6.07, 6.45) is 1.78. The molecule has 0 saturated heterocycles. The first kappa shape index (κ1) is 13.9. The molecule has 3 rings (SSSR count). The Bertz CT molecular complexity index is 719. The molecule has 0 spiro atoms. The highest BCUT2D eigenvalue weighted by Crippen LogP contribution is 2.28. The largest absolute Gasteiger partial charge is 0.329 e. The van der Waals surface area contributed by atoms with Gasteiger partial charge in [0.25, 0.3) is 0 Å². The minimum absolute atomic E-state index is 0.0247. The summed E-state index contributed by atoms with van der Waals surface area (Å²) < 4.78 is 14.8. The molecule has 0 saturated carbocycles. The molecule has 21 heavy (non-hydrogen) atoms. The monoisotopic (exact) mass is 302 g/mol. The minimum atomic E-state index is -0.252. The smallest absolute Gasteiger partial charge is 0.123 e. The summed E-state index contributed by atoms with van der Waals surface area (Å²) in [5.74, 6) is -0.228. The number of rotatable bonds is 4. The summed E-state index contributed by atoms with van der Waals surface area (Å²) in [6, 6.07) is 8.31. The SMILES string of the molecule is Cn1nc(-c2ccc(F)cc2)cc1C(CN)c1nccs1. The average Bonchev–Trinajstić information content (AvgIpc) is 3.12. The molecule has 0 amide bonds. The predicted octanol–water partition coefficient (Wildman–Crippen LogP) is 2.77. The topological polar surface area (TPSA) is 56.7 Å². The first-order chi connectivity index (χ1) is 10.2. The number of aromatic nitrogens is 3. The number of thiazole rings is 1. The molecule has 0 fully saturated rings. The van der Waals surface area contributed by atoms with Crippen molar-refractivity contribution in [3.05, 3.63) is 58.4 Å². The van der Waals surface area contributed by atoms with Crippen LogP contribution in [0.25, 0.3) is 11.3 Å². The molecule has 0 aliphatic carbocycles. The quantitative estimate of drug-likeness (QED) is 0.806. The van der Waals surface area contributed by atoms with Crippen LogP contribution in [0, 0.1) is 5.82 Å². The van der Waals surface area contributed by atoms with Crippen LogP contribution in [-0.2, 0) is 7.05 Å². The number of hydrogen-bond donors (Lipinski definition) is 1. The third-order valence-electron chi connectivity index (χ3n) is 3.40. The molecule has 2 heterocycles. The van der Waals surface area contributed by atoms with E-state index in [0.717, 1.165) is 22.0 Å². The van der Waals surface area contributed by atoms with Crippen LogP contribution in [0.15, 0.2) is 41.9 Å². The van der Waals surface area contributed by atoms with Crippen LogP contribution >= 0.6 is 11.3 Å². The summed E-state index contributed by atoms with van der Waals surface area (Å²) in [5.41, 5.74) is 8.61. The maximum Gasteiger partial charge on any atom is 0.123 e. The van der Waals surface area contributed by atoms with Crippen molar-refractivity contribution in [1.82, 2.24) is 14.8 Å². The highest BCUT2D eigenvalue weighted by atomic mass is 32.1. The standard InChI is InChI=1S/C15H15FN4S/c1-20-14(12(9-17)15-18-6-7-21-15)8-13(19-20)10-2-4-11(16)5-3-10/h2-8,12H,9,17H2,1H3. The molecule has 0 aliphatic heterocycles. The molecule has 1 atom stereocenters. The van der Waals surface area contributed by atoms with Crippen LogP contribution in [0.1, 0.15) is 16.6 Å². The lowest BCUT2D eigenvalue weighted by Gasteiger charge is -2.11. The van der Waals surface area contributed by atoms with Crippen LogP contribution in [0.2, 0.25) is 0 Å². The van der Waals surface area contributed by atoms with E-state index < -0.39 is 0 Å². The maximum atomic E-state index is 13.0. The van der Waals surface area contributed by atoms with Gasteiger partial charge in [0.15, 0.2) is 0 Å². The van der Waals surface area contributed by atoms with E-state index in [2.05, 4.69) is 10.1 Å². The Hall–Kier alpha value is -2.05. The van der Waals surface area contributed by atoms with Crippen molar-refractivity contribution in [2.24, 2.45) is 12.8 Å². The molecule has 1 unspecified atom stereocenters. The van der Waals surface area contributed by atoms with Crippen LogP contribution < -0.4 is 5.73 Å². The lowest BCUT2D eigenvalue weighted by molar-refractivity contribution is 0.628. The fourth-order valence-corrected chi connectivity index (χ4v) is 3.09. The second kappa shape index (κ2) is 5.75. The molecule has 0 bridgehead atoms. The lowest BCUT2D eigenvalue weighted by Crippen LogP contribution is -2.16. The molecule has 1 aromatic carbocycles. The lowest BCUT2D eigenvalue weighted by atomic mass is 10.0. The number of halogens is 1. The summed E-state index contributed by atoms with van der Waals surface area (Å²) in [5, 5.41) is 7.42. The maximum absolute atomic E-state index is 13.0. The molecule has 2 N–H and O–H groups in total. The van der Waals surface area contributed by atoms with E-state index in [1.54, 1.807) is 29.7 Å². The van der Waals surface area contributed by atoms with Gasteiger partial charge in [-0.05, 0) is 30.3 Å². The van der Waals surface area contributed by atoms with Crippen molar-refractivity contribution >= 4 is 11.3 Å². The van der Waals surface area contributed by atoms with Crippen molar-refractivity contribution in [2.45, 2.75) is 5.92 Å². The Morgan fingerprint density at radius 3 is 2.71 bits per heavy atom. The zero-order chi connectivity index (χ0) is 14.8. The normalized spacial score (nSPS) is 12.5. The second-order valence-corrected chi connectivity index (χ2v) is 5.67. The molecular weight excluding hydrogens is 287 g/mol. The Labute approximate surface area is 126 Å². The molecule has 0 radical (unpaired) electrons. The molecule has 0 aliphatic rings. The van der Waals surface area contributed by atoms with Crippen LogP contribution in [0.3, 0.4) is 0 Å². The van der Waals surface area contributed by atoms with E-state index >= 15 is 0 Å². The van der Waals surface area contributed by atoms with Gasteiger partial charge in [0, 0.05) is 36.4 Å². The van der Waals surface area contributed by atoms with Gasteiger partial charge in [-0.3, -0.25) is 4.68 Å². The molecule has 3 aromatic rings. The predicted molar refractivity (Wildman–Crippen MR) is 81.6 cm³/mol. The number of aryl methyl sites for hydroxylation is 1. The summed E-state index contributed by atoms with van der Waals surface area (Å²) >= 11 is 1.58. The van der Waals surface area contributed by atoms with Gasteiger partial charge < -0.3 is 5.73 Å². The third kappa shape index (κ3) is 2.72. The van der Waals surface area contributed by atoms with Crippen molar-refractivity contribution in [2.75, 3.05) is 6.54 Å². The zero-order valence-electron chi connectivity index (χ0n) is 11.5. The van der Waals surface area contributed by atoms with Crippen LogP contribution in [-0.4, -0.2) is 21.3 Å². The van der Waals surface area contributed by atoms with E-state index in [9.17, 15) is 4.39 Å². The second-order valence-electron chi connectivity index (χ2n) is 4.74. The average molecular weight is 302 g/mol. The molecule has 2 aromatic heterocycles. The van der Waals surface area contributed by atoms with Gasteiger partial charge in [0.2, 0.25) is 0 Å². The Morgan fingerprint density at radius 1 is 1.33 bits per heavy atom. The van der Waals surface area contributed by atoms with Gasteiger partial charge >= 0.3 is 0 Å². The molecule has 6 heteroatoms. The highest BCUT2D eigenvalue weighted by Gasteiger charge is 2.20. The van der Waals surface area contributed by atoms with Gasteiger partial charge in [-0.15, -0.1) is 11.3 Å². The first-order valence-corrected chi connectivity index (χ1v) is 7.46. The summed E-state index contributed by atoms with van der Waals surface area (Å²) in [7, 11) is 1.89. The van der Waals surface area contributed by atoms with Crippen molar-refractivity contribution in [1.29, 1.82) is 0 Å². The molecule has 4 nitrogen and oxygen atoms in total. The van der Waals surface area contributed by atoms with Crippen LogP contribution in [0.5, 0.6) is 0 Å². The van der Waals surface area contributed by atoms with Gasteiger partial charge in [-0.1, -0.05) is 0 Å². The minimum Gasteiger partial charge on any atom is -0.329 e. The van der Waals surface area contributed by atoms with Gasteiger partial charge in [0.05, 0.1) is 11.6 Å². The van der Waals surface area contributed by atoms with Gasteiger partial charge in [-0.2, -0.15) is 5.10 Å². The van der Waals surface area contributed by atoms with E-state index in [1.807, 2.05) is 23.2 Å². The van der Waals surface area contributed by atoms with Gasteiger partial charge in [-0.25, -0.2) is 9.37 Å².